The molecule has 110 valence electrons. The zero-order valence-electron chi connectivity index (χ0n) is 12.8. The van der Waals surface area contributed by atoms with Crippen molar-refractivity contribution in [2.45, 2.75) is 38.8 Å². The molecule has 2 N–H and O–H groups in total. The van der Waals surface area contributed by atoms with Gasteiger partial charge in [0.25, 0.3) is 0 Å². The van der Waals surface area contributed by atoms with Crippen LogP contribution in [0.15, 0.2) is 42.5 Å². The molecule has 0 amide bonds. The monoisotopic (exact) mass is 281 g/mol. The zero-order valence-corrected chi connectivity index (χ0v) is 12.8. The summed E-state index contributed by atoms with van der Waals surface area (Å²) in [5.74, 6) is 0. The van der Waals surface area contributed by atoms with Gasteiger partial charge in [0.05, 0.1) is 6.61 Å². The van der Waals surface area contributed by atoms with Crippen molar-refractivity contribution in [2.24, 2.45) is 0 Å². The normalized spacial score (nSPS) is 15.4. The highest BCUT2D eigenvalue weighted by molar-refractivity contribution is 5.76. The predicted molar refractivity (Wildman–Crippen MR) is 87.4 cm³/mol. The summed E-state index contributed by atoms with van der Waals surface area (Å²) in [6.45, 7) is 4.46. The third-order valence-corrected chi connectivity index (χ3v) is 4.52. The fourth-order valence-electron chi connectivity index (χ4n) is 3.18. The molecule has 0 radical (unpaired) electrons. The highest BCUT2D eigenvalue weighted by Gasteiger charge is 2.19. The highest BCUT2D eigenvalue weighted by Crippen LogP contribution is 2.37. The summed E-state index contributed by atoms with van der Waals surface area (Å²) in [5.41, 5.74) is 6.89. The lowest BCUT2D eigenvalue weighted by Gasteiger charge is -2.21. The van der Waals surface area contributed by atoms with Crippen LogP contribution in [0, 0.1) is 0 Å². The van der Waals surface area contributed by atoms with E-state index in [-0.39, 0.29) is 18.7 Å². The van der Waals surface area contributed by atoms with Crippen LogP contribution in [0.25, 0.3) is 11.1 Å². The lowest BCUT2D eigenvalue weighted by Crippen LogP contribution is -2.33. The van der Waals surface area contributed by atoms with Crippen LogP contribution in [-0.4, -0.2) is 17.8 Å². The average molecular weight is 281 g/mol. The quantitative estimate of drug-likeness (QED) is 0.747. The van der Waals surface area contributed by atoms with Gasteiger partial charge in [0, 0.05) is 12.1 Å². The Balaban J connectivity index is 1.83. The van der Waals surface area contributed by atoms with E-state index >= 15 is 0 Å². The first-order valence-electron chi connectivity index (χ1n) is 7.81. The van der Waals surface area contributed by atoms with E-state index in [9.17, 15) is 5.11 Å². The Bertz CT molecular complexity index is 631. The SMILES string of the molecule is CCC(CO)NC(C)c1ccc2c(c1)Cc1ccccc1-2. The molecule has 0 spiro atoms. The first-order chi connectivity index (χ1) is 10.2. The van der Waals surface area contributed by atoms with E-state index in [1.54, 1.807) is 0 Å². The van der Waals surface area contributed by atoms with E-state index in [1.165, 1.54) is 27.8 Å². The number of aliphatic hydroxyl groups is 1. The maximum absolute atomic E-state index is 9.33. The zero-order chi connectivity index (χ0) is 14.8. The molecule has 21 heavy (non-hydrogen) atoms. The van der Waals surface area contributed by atoms with Crippen LogP contribution in [-0.2, 0) is 6.42 Å². The molecule has 1 aliphatic carbocycles. The molecule has 2 aromatic rings. The number of nitrogens with one attached hydrogen (secondary N) is 1. The van der Waals surface area contributed by atoms with E-state index < -0.39 is 0 Å². The lowest BCUT2D eigenvalue weighted by atomic mass is 9.99. The number of rotatable bonds is 5. The van der Waals surface area contributed by atoms with Crippen molar-refractivity contribution in [2.75, 3.05) is 6.61 Å². The summed E-state index contributed by atoms with van der Waals surface area (Å²) in [6, 6.07) is 15.9. The van der Waals surface area contributed by atoms with Crippen molar-refractivity contribution in [3.63, 3.8) is 0 Å². The van der Waals surface area contributed by atoms with Crippen molar-refractivity contribution in [3.05, 3.63) is 59.2 Å². The third kappa shape index (κ3) is 2.74. The van der Waals surface area contributed by atoms with E-state index in [0.717, 1.165) is 12.8 Å². The molecule has 1 aliphatic rings. The number of aliphatic hydroxyl groups excluding tert-OH is 1. The fraction of sp³-hybridized carbons (Fsp3) is 0.368. The Morgan fingerprint density at radius 3 is 2.62 bits per heavy atom. The number of hydrogen-bond acceptors (Lipinski definition) is 2. The van der Waals surface area contributed by atoms with Gasteiger partial charge in [-0.05, 0) is 47.6 Å². The molecule has 0 bridgehead atoms. The van der Waals surface area contributed by atoms with E-state index in [4.69, 9.17) is 0 Å². The third-order valence-electron chi connectivity index (χ3n) is 4.52. The van der Waals surface area contributed by atoms with Gasteiger partial charge < -0.3 is 10.4 Å². The summed E-state index contributed by atoms with van der Waals surface area (Å²) in [4.78, 5) is 0. The molecule has 3 rings (SSSR count). The van der Waals surface area contributed by atoms with E-state index in [2.05, 4.69) is 61.6 Å². The summed E-state index contributed by atoms with van der Waals surface area (Å²) < 4.78 is 0. The minimum Gasteiger partial charge on any atom is -0.395 e. The molecule has 2 nitrogen and oxygen atoms in total. The van der Waals surface area contributed by atoms with Crippen LogP contribution < -0.4 is 5.32 Å². The molecular weight excluding hydrogens is 258 g/mol. The molecule has 0 fully saturated rings. The topological polar surface area (TPSA) is 32.3 Å². The second-order valence-corrected chi connectivity index (χ2v) is 5.93. The van der Waals surface area contributed by atoms with Crippen LogP contribution in [0.4, 0.5) is 0 Å². The standard InChI is InChI=1S/C19H23NO/c1-3-17(12-21)20-13(2)14-8-9-19-16(10-14)11-15-6-4-5-7-18(15)19/h4-10,13,17,20-21H,3,11-12H2,1-2H3. The Hall–Kier alpha value is -1.64. The first kappa shape index (κ1) is 14.3. The van der Waals surface area contributed by atoms with Gasteiger partial charge in [0.1, 0.15) is 0 Å². The molecule has 0 saturated carbocycles. The average Bonchev–Trinajstić information content (AvgIpc) is 2.89. The van der Waals surface area contributed by atoms with Crippen LogP contribution >= 0.6 is 0 Å². The van der Waals surface area contributed by atoms with Gasteiger partial charge in [-0.1, -0.05) is 49.4 Å². The highest BCUT2D eigenvalue weighted by atomic mass is 16.3. The summed E-state index contributed by atoms with van der Waals surface area (Å²) in [7, 11) is 0. The summed E-state index contributed by atoms with van der Waals surface area (Å²) in [6.07, 6.45) is 1.97. The van der Waals surface area contributed by atoms with Crippen molar-refractivity contribution in [1.29, 1.82) is 0 Å². The molecule has 0 heterocycles. The van der Waals surface area contributed by atoms with Crippen LogP contribution in [0.1, 0.15) is 43.0 Å². The van der Waals surface area contributed by atoms with Gasteiger partial charge in [-0.3, -0.25) is 0 Å². The largest absolute Gasteiger partial charge is 0.395 e. The maximum atomic E-state index is 9.33. The van der Waals surface area contributed by atoms with E-state index in [1.807, 2.05) is 0 Å². The lowest BCUT2D eigenvalue weighted by molar-refractivity contribution is 0.230. The van der Waals surface area contributed by atoms with Crippen LogP contribution in [0.3, 0.4) is 0 Å². The molecule has 0 saturated heterocycles. The van der Waals surface area contributed by atoms with Gasteiger partial charge in [0.15, 0.2) is 0 Å². The number of benzene rings is 2. The van der Waals surface area contributed by atoms with E-state index in [0.29, 0.717) is 0 Å². The maximum Gasteiger partial charge on any atom is 0.0584 e. The van der Waals surface area contributed by atoms with Crippen molar-refractivity contribution in [3.8, 4) is 11.1 Å². The first-order valence-corrected chi connectivity index (χ1v) is 7.81. The summed E-state index contributed by atoms with van der Waals surface area (Å²) in [5, 5.41) is 12.8. The minimum absolute atomic E-state index is 0.172. The Morgan fingerprint density at radius 1 is 1.10 bits per heavy atom. The van der Waals surface area contributed by atoms with Crippen LogP contribution in [0.5, 0.6) is 0 Å². The molecule has 2 aromatic carbocycles. The van der Waals surface area contributed by atoms with Crippen molar-refractivity contribution in [1.82, 2.24) is 5.32 Å². The Morgan fingerprint density at radius 2 is 1.86 bits per heavy atom. The van der Waals surface area contributed by atoms with Gasteiger partial charge >= 0.3 is 0 Å². The number of fused-ring (bicyclic) bond motifs is 3. The number of hydrogen-bond donors (Lipinski definition) is 2. The molecule has 0 aromatic heterocycles. The Labute approximate surface area is 126 Å². The van der Waals surface area contributed by atoms with Crippen LogP contribution in [0.2, 0.25) is 0 Å². The second kappa shape index (κ2) is 6.00. The Kier molecular flexibility index (Phi) is 4.09. The molecule has 0 aliphatic heterocycles. The molecule has 2 unspecified atom stereocenters. The molecule has 2 atom stereocenters. The fourth-order valence-corrected chi connectivity index (χ4v) is 3.18. The minimum atomic E-state index is 0.172. The molecular formula is C19H23NO. The predicted octanol–water partition coefficient (Wildman–Crippen LogP) is 3.68. The van der Waals surface area contributed by atoms with Gasteiger partial charge in [-0.25, -0.2) is 0 Å². The molecule has 2 heteroatoms. The van der Waals surface area contributed by atoms with Gasteiger partial charge in [-0.15, -0.1) is 0 Å². The second-order valence-electron chi connectivity index (χ2n) is 5.93. The smallest absolute Gasteiger partial charge is 0.0584 e. The van der Waals surface area contributed by atoms with Gasteiger partial charge in [0.2, 0.25) is 0 Å². The van der Waals surface area contributed by atoms with Gasteiger partial charge in [-0.2, -0.15) is 0 Å². The summed E-state index contributed by atoms with van der Waals surface area (Å²) >= 11 is 0. The van der Waals surface area contributed by atoms with Crippen molar-refractivity contribution < 1.29 is 5.11 Å². The van der Waals surface area contributed by atoms with Crippen molar-refractivity contribution >= 4 is 0 Å².